The van der Waals surface area contributed by atoms with E-state index in [9.17, 15) is 18.0 Å². The zero-order valence-corrected chi connectivity index (χ0v) is 19.0. The molecule has 174 valence electrons. The average molecular weight is 475 g/mol. The number of carbonyl (C=O) groups is 1. The fourth-order valence-electron chi connectivity index (χ4n) is 3.91. The maximum atomic E-state index is 13.3. The van der Waals surface area contributed by atoms with Crippen molar-refractivity contribution in [3.05, 3.63) is 66.9 Å². The normalized spacial score (nSPS) is 15.5. The number of carbonyl (C=O) groups excluding carboxylic acids is 1. The van der Waals surface area contributed by atoms with Crippen LogP contribution in [-0.2, 0) is 11.3 Å². The van der Waals surface area contributed by atoms with Crippen LogP contribution in [0.25, 0.3) is 11.3 Å². The highest BCUT2D eigenvalue weighted by Gasteiger charge is 2.32. The molecular weight excluding hydrogens is 449 g/mol. The first-order valence-electron chi connectivity index (χ1n) is 10.7. The van der Waals surface area contributed by atoms with E-state index in [1.54, 1.807) is 36.1 Å². The van der Waals surface area contributed by atoms with Gasteiger partial charge in [-0.2, -0.15) is 13.2 Å². The fourth-order valence-corrected chi connectivity index (χ4v) is 4.88. The van der Waals surface area contributed by atoms with E-state index in [-0.39, 0.29) is 11.1 Å². The lowest BCUT2D eigenvalue weighted by atomic mass is 10.2. The number of hydrogen-bond acceptors (Lipinski definition) is 4. The van der Waals surface area contributed by atoms with E-state index in [0.717, 1.165) is 22.0 Å². The number of amides is 1. The number of piperazine rings is 1. The average Bonchev–Trinajstić information content (AvgIpc) is 3.20. The number of imidazole rings is 1. The summed E-state index contributed by atoms with van der Waals surface area (Å²) in [6.45, 7) is 3.15. The van der Waals surface area contributed by atoms with Crippen LogP contribution in [0.4, 0.5) is 18.9 Å². The Balaban J connectivity index is 1.45. The van der Waals surface area contributed by atoms with Crippen molar-refractivity contribution in [3.63, 3.8) is 0 Å². The van der Waals surface area contributed by atoms with Gasteiger partial charge in [-0.05, 0) is 24.6 Å². The number of alkyl halides is 3. The molecule has 5 nitrogen and oxygen atoms in total. The second kappa shape index (κ2) is 9.91. The van der Waals surface area contributed by atoms with Gasteiger partial charge in [0.25, 0.3) is 0 Å². The highest BCUT2D eigenvalue weighted by molar-refractivity contribution is 8.00. The monoisotopic (exact) mass is 474 g/mol. The van der Waals surface area contributed by atoms with Crippen LogP contribution < -0.4 is 4.90 Å². The molecule has 2 heterocycles. The highest BCUT2D eigenvalue weighted by atomic mass is 32.2. The van der Waals surface area contributed by atoms with Gasteiger partial charge < -0.3 is 14.4 Å². The van der Waals surface area contributed by atoms with Gasteiger partial charge in [0, 0.05) is 31.9 Å². The van der Waals surface area contributed by atoms with Crippen LogP contribution in [0.3, 0.4) is 0 Å². The van der Waals surface area contributed by atoms with Crippen LogP contribution in [0.1, 0.15) is 6.92 Å². The Hall–Kier alpha value is -2.94. The van der Waals surface area contributed by atoms with Gasteiger partial charge in [-0.25, -0.2) is 4.98 Å². The Morgan fingerprint density at radius 3 is 2.21 bits per heavy atom. The zero-order valence-electron chi connectivity index (χ0n) is 18.2. The first-order chi connectivity index (χ1) is 15.8. The number of rotatable bonds is 6. The maximum Gasteiger partial charge on any atom is 0.406 e. The zero-order chi connectivity index (χ0) is 23.4. The molecule has 0 aliphatic carbocycles. The molecule has 3 aromatic rings. The smallest absolute Gasteiger partial charge is 0.368 e. The number of nitrogens with zero attached hydrogens (tertiary/aromatic N) is 4. The number of aromatic nitrogens is 2. The predicted molar refractivity (Wildman–Crippen MR) is 124 cm³/mol. The molecule has 1 aliphatic rings. The van der Waals surface area contributed by atoms with E-state index in [1.807, 2.05) is 36.4 Å². The summed E-state index contributed by atoms with van der Waals surface area (Å²) in [4.78, 5) is 21.3. The molecule has 0 saturated carbocycles. The molecule has 1 amide bonds. The van der Waals surface area contributed by atoms with Gasteiger partial charge in [-0.15, -0.1) is 0 Å². The van der Waals surface area contributed by atoms with Crippen LogP contribution in [0, 0.1) is 0 Å². The van der Waals surface area contributed by atoms with Crippen molar-refractivity contribution in [3.8, 4) is 11.3 Å². The van der Waals surface area contributed by atoms with Gasteiger partial charge in [0.05, 0.1) is 17.1 Å². The number of anilines is 1. The van der Waals surface area contributed by atoms with Crippen LogP contribution in [0.2, 0.25) is 0 Å². The minimum Gasteiger partial charge on any atom is -0.368 e. The molecule has 1 fully saturated rings. The molecule has 1 aliphatic heterocycles. The van der Waals surface area contributed by atoms with Crippen molar-refractivity contribution < 1.29 is 18.0 Å². The Kier molecular flexibility index (Phi) is 6.97. The number of thioether (sulfide) groups is 1. The molecule has 1 saturated heterocycles. The summed E-state index contributed by atoms with van der Waals surface area (Å²) >= 11 is 1.07. The van der Waals surface area contributed by atoms with Crippen LogP contribution >= 0.6 is 11.8 Å². The first kappa shape index (κ1) is 23.2. The summed E-state index contributed by atoms with van der Waals surface area (Å²) in [7, 11) is 0. The minimum atomic E-state index is -4.40. The van der Waals surface area contributed by atoms with Crippen molar-refractivity contribution in [2.75, 3.05) is 31.1 Å². The maximum absolute atomic E-state index is 13.3. The van der Waals surface area contributed by atoms with Gasteiger partial charge in [-0.3, -0.25) is 4.79 Å². The van der Waals surface area contributed by atoms with Crippen molar-refractivity contribution in [1.82, 2.24) is 14.5 Å². The number of benzene rings is 2. The highest BCUT2D eigenvalue weighted by Crippen LogP contribution is 2.32. The largest absolute Gasteiger partial charge is 0.406 e. The standard InChI is InChI=1S/C24H25F3N4OS/c1-18(22(32)30-14-12-29(13-15-30)20-10-6-3-7-11-20)33-23-28-16-21(19-8-4-2-5-9-19)31(23)17-24(25,26)27/h2-11,16,18H,12-15,17H2,1H3. The first-order valence-corrected chi connectivity index (χ1v) is 11.6. The van der Waals surface area contributed by atoms with E-state index in [4.69, 9.17) is 0 Å². The third kappa shape index (κ3) is 5.71. The number of para-hydroxylation sites is 1. The third-order valence-corrected chi connectivity index (χ3v) is 6.66. The van der Waals surface area contributed by atoms with Crippen LogP contribution in [0.15, 0.2) is 72.0 Å². The SMILES string of the molecule is CC(Sc1ncc(-c2ccccc2)n1CC(F)(F)F)C(=O)N1CCN(c2ccccc2)CC1. The van der Waals surface area contributed by atoms with Gasteiger partial charge in [0.15, 0.2) is 5.16 Å². The molecule has 33 heavy (non-hydrogen) atoms. The lowest BCUT2D eigenvalue weighted by Gasteiger charge is -2.37. The predicted octanol–water partition coefficient (Wildman–Crippen LogP) is 4.94. The molecule has 4 rings (SSSR count). The molecule has 0 spiro atoms. The van der Waals surface area contributed by atoms with E-state index >= 15 is 0 Å². The molecule has 0 N–H and O–H groups in total. The summed E-state index contributed by atoms with van der Waals surface area (Å²) in [5, 5.41) is -0.360. The van der Waals surface area contributed by atoms with Gasteiger partial charge >= 0.3 is 6.18 Å². The Bertz CT molecular complexity index is 1060. The summed E-state index contributed by atoms with van der Waals surface area (Å²) in [5.74, 6) is -0.0875. The van der Waals surface area contributed by atoms with Crippen molar-refractivity contribution in [1.29, 1.82) is 0 Å². The molecule has 0 bridgehead atoms. The van der Waals surface area contributed by atoms with Crippen molar-refractivity contribution >= 4 is 23.4 Å². The van der Waals surface area contributed by atoms with Gasteiger partial charge in [0.2, 0.25) is 5.91 Å². The van der Waals surface area contributed by atoms with E-state index < -0.39 is 18.0 Å². The fraction of sp³-hybridized carbons (Fsp3) is 0.333. The van der Waals surface area contributed by atoms with E-state index in [1.165, 1.54) is 6.20 Å². The number of hydrogen-bond donors (Lipinski definition) is 0. The van der Waals surface area contributed by atoms with E-state index in [2.05, 4.69) is 9.88 Å². The lowest BCUT2D eigenvalue weighted by Crippen LogP contribution is -2.50. The number of halogens is 3. The molecule has 9 heteroatoms. The topological polar surface area (TPSA) is 41.4 Å². The van der Waals surface area contributed by atoms with Crippen LogP contribution in [0.5, 0.6) is 0 Å². The molecule has 2 aromatic carbocycles. The second-order valence-electron chi connectivity index (χ2n) is 7.90. The van der Waals surface area contributed by atoms with Gasteiger partial charge in [0.1, 0.15) is 6.54 Å². The lowest BCUT2D eigenvalue weighted by molar-refractivity contribution is -0.141. The van der Waals surface area contributed by atoms with Crippen LogP contribution in [-0.4, -0.2) is 58.0 Å². The summed E-state index contributed by atoms with van der Waals surface area (Å²) in [6, 6.07) is 18.9. The quantitative estimate of drug-likeness (QED) is 0.475. The van der Waals surface area contributed by atoms with Gasteiger partial charge in [-0.1, -0.05) is 60.3 Å². The second-order valence-corrected chi connectivity index (χ2v) is 9.21. The molecular formula is C24H25F3N4OS. The molecule has 1 atom stereocenters. The Labute approximate surface area is 195 Å². The third-order valence-electron chi connectivity index (χ3n) is 5.57. The summed E-state index contributed by atoms with van der Waals surface area (Å²) < 4.78 is 41.1. The summed E-state index contributed by atoms with van der Waals surface area (Å²) in [5.41, 5.74) is 2.15. The summed E-state index contributed by atoms with van der Waals surface area (Å²) in [6.07, 6.45) is -2.96. The van der Waals surface area contributed by atoms with E-state index in [0.29, 0.717) is 37.4 Å². The van der Waals surface area contributed by atoms with Crippen molar-refractivity contribution in [2.24, 2.45) is 0 Å². The Morgan fingerprint density at radius 1 is 1.00 bits per heavy atom. The Morgan fingerprint density at radius 2 is 1.61 bits per heavy atom. The molecule has 0 radical (unpaired) electrons. The molecule has 1 aromatic heterocycles. The molecule has 1 unspecified atom stereocenters. The van der Waals surface area contributed by atoms with Crippen molar-refractivity contribution in [2.45, 2.75) is 30.1 Å². The minimum absolute atomic E-state index is 0.0875.